The molecule has 0 unspecified atom stereocenters. The third kappa shape index (κ3) is 3.60. The average Bonchev–Trinajstić information content (AvgIpc) is 2.51. The van der Waals surface area contributed by atoms with Crippen LogP contribution in [0.3, 0.4) is 0 Å². The lowest BCUT2D eigenvalue weighted by Gasteiger charge is -2.23. The predicted octanol–water partition coefficient (Wildman–Crippen LogP) is 2.57. The first-order chi connectivity index (χ1) is 10.5. The fraction of sp³-hybridized carbons (Fsp3) is 0.231. The Morgan fingerprint density at radius 2 is 2.14 bits per heavy atom. The maximum Gasteiger partial charge on any atom is 0.283 e. The van der Waals surface area contributed by atoms with Gasteiger partial charge in [0.2, 0.25) is 5.95 Å². The van der Waals surface area contributed by atoms with Gasteiger partial charge < -0.3 is 4.74 Å². The van der Waals surface area contributed by atoms with E-state index in [-0.39, 0.29) is 24.1 Å². The van der Waals surface area contributed by atoms with Crippen LogP contribution in [0.1, 0.15) is 6.92 Å². The summed E-state index contributed by atoms with van der Waals surface area (Å²) in [5.41, 5.74) is -0.214. The molecule has 0 bridgehead atoms. The Labute approximate surface area is 136 Å². The number of rotatable bonds is 6. The van der Waals surface area contributed by atoms with Crippen molar-refractivity contribution >= 4 is 31.6 Å². The van der Waals surface area contributed by atoms with Crippen LogP contribution in [0.2, 0.25) is 0 Å². The zero-order valence-electron chi connectivity index (χ0n) is 11.6. The third-order valence-corrected chi connectivity index (χ3v) is 4.75. The van der Waals surface area contributed by atoms with E-state index in [1.807, 2.05) is 0 Å². The van der Waals surface area contributed by atoms with Gasteiger partial charge in [0.1, 0.15) is 12.4 Å². The summed E-state index contributed by atoms with van der Waals surface area (Å²) < 4.78 is 45.7. The molecule has 0 aromatic carbocycles. The highest BCUT2D eigenvalue weighted by molar-refractivity contribution is 9.10. The molecule has 0 aliphatic heterocycles. The molecule has 9 heteroatoms. The van der Waals surface area contributed by atoms with Crippen LogP contribution >= 0.6 is 15.9 Å². The molecule has 0 amide bonds. The second-order valence-electron chi connectivity index (χ2n) is 4.11. The number of aromatic nitrogens is 2. The van der Waals surface area contributed by atoms with Crippen LogP contribution in [-0.4, -0.2) is 31.7 Å². The highest BCUT2D eigenvalue weighted by Gasteiger charge is 2.29. The predicted molar refractivity (Wildman–Crippen MR) is 82.3 cm³/mol. The lowest BCUT2D eigenvalue weighted by molar-refractivity contribution is 0.157. The van der Waals surface area contributed by atoms with Gasteiger partial charge in [-0.05, 0) is 41.1 Å². The fourth-order valence-corrected chi connectivity index (χ4v) is 3.23. The van der Waals surface area contributed by atoms with E-state index in [4.69, 9.17) is 4.74 Å². The maximum absolute atomic E-state index is 14.0. The van der Waals surface area contributed by atoms with Gasteiger partial charge in [0.15, 0.2) is 5.03 Å². The number of hydrogen-bond donors (Lipinski definition) is 0. The number of sulfonamides is 1. The lowest BCUT2D eigenvalue weighted by atomic mass is 10.4. The van der Waals surface area contributed by atoms with Crippen LogP contribution in [0.15, 0.2) is 46.2 Å². The molecule has 0 saturated carbocycles. The first kappa shape index (κ1) is 16.8. The smallest absolute Gasteiger partial charge is 0.283 e. The van der Waals surface area contributed by atoms with Crippen LogP contribution < -0.4 is 4.31 Å². The molecule has 0 atom stereocenters. The van der Waals surface area contributed by atoms with Gasteiger partial charge in [-0.3, -0.25) is 0 Å². The van der Waals surface area contributed by atoms with E-state index in [2.05, 4.69) is 25.9 Å². The second-order valence-corrected chi connectivity index (χ2v) is 6.83. The van der Waals surface area contributed by atoms with Crippen LogP contribution in [0.25, 0.3) is 0 Å². The van der Waals surface area contributed by atoms with Gasteiger partial charge in [0.25, 0.3) is 10.0 Å². The molecule has 2 rings (SSSR count). The Balaban J connectivity index is 2.53. The van der Waals surface area contributed by atoms with Crippen molar-refractivity contribution in [2.24, 2.45) is 0 Å². The minimum atomic E-state index is -4.07. The van der Waals surface area contributed by atoms with E-state index in [0.29, 0.717) is 4.47 Å². The van der Waals surface area contributed by atoms with Crippen molar-refractivity contribution in [3.63, 3.8) is 0 Å². The highest BCUT2D eigenvalue weighted by atomic mass is 79.9. The van der Waals surface area contributed by atoms with Crippen molar-refractivity contribution in [3.05, 3.63) is 47.1 Å². The van der Waals surface area contributed by atoms with Gasteiger partial charge in [-0.2, -0.15) is 12.8 Å². The molecular formula is C13H13BrFN3O3S. The Morgan fingerprint density at radius 3 is 2.77 bits per heavy atom. The fourth-order valence-electron chi connectivity index (χ4n) is 1.64. The average molecular weight is 390 g/mol. The number of nitrogens with zero attached hydrogens (tertiary/aromatic N) is 3. The molecule has 2 aromatic rings. The molecular weight excluding hydrogens is 377 g/mol. The maximum atomic E-state index is 14.0. The summed E-state index contributed by atoms with van der Waals surface area (Å²) in [5.74, 6) is -0.914. The standard InChI is InChI=1S/C13H13BrFN3O3S/c1-2-21-9-18(11-7-10(14)8-17-13(11)15)22(19,20)12-5-3-4-6-16-12/h3-8H,2,9H2,1H3. The number of hydrogen-bond acceptors (Lipinski definition) is 5. The number of ether oxygens (including phenoxy) is 1. The number of pyridine rings is 2. The van der Waals surface area contributed by atoms with Crippen molar-refractivity contribution in [2.45, 2.75) is 11.9 Å². The van der Waals surface area contributed by atoms with Crippen LogP contribution in [0, 0.1) is 5.95 Å². The topological polar surface area (TPSA) is 72.4 Å². The lowest BCUT2D eigenvalue weighted by Crippen LogP contribution is -2.34. The third-order valence-electron chi connectivity index (χ3n) is 2.66. The SMILES string of the molecule is CCOCN(c1cc(Br)cnc1F)S(=O)(=O)c1ccccn1. The molecule has 0 aliphatic carbocycles. The Morgan fingerprint density at radius 1 is 1.36 bits per heavy atom. The Bertz CT molecular complexity index is 743. The minimum Gasteiger partial charge on any atom is -0.360 e. The van der Waals surface area contributed by atoms with Crippen LogP contribution in [-0.2, 0) is 14.8 Å². The minimum absolute atomic E-state index is 0.200. The summed E-state index contributed by atoms with van der Waals surface area (Å²) in [6.45, 7) is 1.64. The summed E-state index contributed by atoms with van der Waals surface area (Å²) in [7, 11) is -4.07. The molecule has 0 N–H and O–H groups in total. The molecule has 22 heavy (non-hydrogen) atoms. The zero-order valence-corrected chi connectivity index (χ0v) is 14.0. The van der Waals surface area contributed by atoms with E-state index < -0.39 is 16.0 Å². The normalized spacial score (nSPS) is 11.4. The monoisotopic (exact) mass is 389 g/mol. The van der Waals surface area contributed by atoms with Gasteiger partial charge in [-0.15, -0.1) is 0 Å². The van der Waals surface area contributed by atoms with Gasteiger partial charge in [-0.1, -0.05) is 6.07 Å². The van der Waals surface area contributed by atoms with Crippen molar-refractivity contribution in [1.29, 1.82) is 0 Å². The molecule has 0 spiro atoms. The molecule has 6 nitrogen and oxygen atoms in total. The Hall–Kier alpha value is -1.58. The first-order valence-electron chi connectivity index (χ1n) is 6.29. The van der Waals surface area contributed by atoms with Crippen LogP contribution in [0.5, 0.6) is 0 Å². The van der Waals surface area contributed by atoms with Crippen LogP contribution in [0.4, 0.5) is 10.1 Å². The van der Waals surface area contributed by atoms with Crippen molar-refractivity contribution in [3.8, 4) is 0 Å². The van der Waals surface area contributed by atoms with Crippen molar-refractivity contribution in [1.82, 2.24) is 9.97 Å². The molecule has 0 radical (unpaired) electrons. The van der Waals surface area contributed by atoms with E-state index in [1.165, 1.54) is 30.6 Å². The second kappa shape index (κ2) is 7.12. The number of anilines is 1. The van der Waals surface area contributed by atoms with Crippen molar-refractivity contribution in [2.75, 3.05) is 17.6 Å². The molecule has 0 saturated heterocycles. The van der Waals surface area contributed by atoms with Crippen molar-refractivity contribution < 1.29 is 17.5 Å². The summed E-state index contributed by atoms with van der Waals surface area (Å²) in [4.78, 5) is 7.34. The summed E-state index contributed by atoms with van der Waals surface area (Å²) in [6.07, 6.45) is 2.59. The zero-order chi connectivity index (χ0) is 16.2. The van der Waals surface area contributed by atoms with Gasteiger partial charge in [0, 0.05) is 23.5 Å². The molecule has 0 fully saturated rings. The summed E-state index contributed by atoms with van der Waals surface area (Å²) in [6, 6.07) is 5.78. The van der Waals surface area contributed by atoms with Gasteiger partial charge >= 0.3 is 0 Å². The highest BCUT2D eigenvalue weighted by Crippen LogP contribution is 2.27. The van der Waals surface area contributed by atoms with E-state index in [1.54, 1.807) is 13.0 Å². The van der Waals surface area contributed by atoms with E-state index in [0.717, 1.165) is 4.31 Å². The molecule has 2 heterocycles. The molecule has 2 aromatic heterocycles. The Kier molecular flexibility index (Phi) is 5.43. The summed E-state index contributed by atoms with van der Waals surface area (Å²) >= 11 is 3.15. The van der Waals surface area contributed by atoms with E-state index >= 15 is 0 Å². The molecule has 0 aliphatic rings. The quantitative estimate of drug-likeness (QED) is 0.560. The largest absolute Gasteiger partial charge is 0.360 e. The first-order valence-corrected chi connectivity index (χ1v) is 8.52. The summed E-state index contributed by atoms with van der Waals surface area (Å²) in [5, 5.41) is -0.200. The van der Waals surface area contributed by atoms with Gasteiger partial charge in [-0.25, -0.2) is 14.3 Å². The molecule has 118 valence electrons. The van der Waals surface area contributed by atoms with E-state index in [9.17, 15) is 12.8 Å². The van der Waals surface area contributed by atoms with Gasteiger partial charge in [0.05, 0.1) is 0 Å². The number of halogens is 2.